The Hall–Kier alpha value is -2.11. The summed E-state index contributed by atoms with van der Waals surface area (Å²) in [6.45, 7) is 4.50. The molecule has 0 saturated carbocycles. The highest BCUT2D eigenvalue weighted by Gasteiger charge is 2.20. The van der Waals surface area contributed by atoms with E-state index in [1.165, 1.54) is 10.9 Å². The van der Waals surface area contributed by atoms with Gasteiger partial charge >= 0.3 is 0 Å². The topological polar surface area (TPSA) is 54.3 Å². The molecule has 1 atom stereocenters. The highest BCUT2D eigenvalue weighted by atomic mass is 16.5. The molecule has 1 aromatic carbocycles. The van der Waals surface area contributed by atoms with Gasteiger partial charge in [0.1, 0.15) is 5.58 Å². The van der Waals surface area contributed by atoms with Crippen LogP contribution in [0.1, 0.15) is 11.3 Å². The van der Waals surface area contributed by atoms with E-state index in [0.29, 0.717) is 5.92 Å². The lowest BCUT2D eigenvalue weighted by molar-refractivity contribution is 0.122. The fourth-order valence-corrected chi connectivity index (χ4v) is 3.38. The summed E-state index contributed by atoms with van der Waals surface area (Å²) < 4.78 is 11.3. The average molecular weight is 311 g/mol. The van der Waals surface area contributed by atoms with E-state index in [1.807, 2.05) is 12.1 Å². The molecule has 0 amide bonds. The van der Waals surface area contributed by atoms with Gasteiger partial charge < -0.3 is 9.15 Å². The van der Waals surface area contributed by atoms with Gasteiger partial charge in [0.15, 0.2) is 0 Å². The summed E-state index contributed by atoms with van der Waals surface area (Å²) in [5.74, 6) is 0.487. The summed E-state index contributed by atoms with van der Waals surface area (Å²) in [6, 6.07) is 10.4. The van der Waals surface area contributed by atoms with Crippen molar-refractivity contribution >= 4 is 11.0 Å². The minimum absolute atomic E-state index is 0.487. The Kier molecular flexibility index (Phi) is 4.13. The number of nitrogens with zero attached hydrogens (tertiary/aromatic N) is 2. The summed E-state index contributed by atoms with van der Waals surface area (Å²) in [4.78, 5) is 2.45. The number of ether oxygens (including phenoxy) is 1. The van der Waals surface area contributed by atoms with Crippen LogP contribution in [-0.2, 0) is 17.7 Å². The van der Waals surface area contributed by atoms with Crippen LogP contribution in [0, 0.1) is 5.92 Å². The van der Waals surface area contributed by atoms with E-state index in [0.717, 1.165) is 50.5 Å². The van der Waals surface area contributed by atoms with E-state index in [1.54, 1.807) is 12.5 Å². The molecule has 0 spiro atoms. The van der Waals surface area contributed by atoms with E-state index in [4.69, 9.17) is 9.15 Å². The number of furan rings is 1. The molecule has 5 heteroatoms. The molecule has 1 fully saturated rings. The van der Waals surface area contributed by atoms with Gasteiger partial charge in [-0.2, -0.15) is 5.10 Å². The van der Waals surface area contributed by atoms with Gasteiger partial charge in [-0.05, 0) is 36.1 Å². The van der Waals surface area contributed by atoms with Crippen molar-refractivity contribution < 1.29 is 9.15 Å². The zero-order chi connectivity index (χ0) is 15.5. The monoisotopic (exact) mass is 311 g/mol. The summed E-state index contributed by atoms with van der Waals surface area (Å²) in [5.41, 5.74) is 3.46. The summed E-state index contributed by atoms with van der Waals surface area (Å²) in [7, 11) is 0. The second-order valence-corrected chi connectivity index (χ2v) is 6.21. The molecular formula is C18H21N3O2. The van der Waals surface area contributed by atoms with Crippen molar-refractivity contribution in [2.45, 2.75) is 13.0 Å². The predicted molar refractivity (Wildman–Crippen MR) is 88.1 cm³/mol. The van der Waals surface area contributed by atoms with Crippen molar-refractivity contribution in [3.63, 3.8) is 0 Å². The summed E-state index contributed by atoms with van der Waals surface area (Å²) in [6.07, 6.45) is 4.58. The number of hydrogen-bond acceptors (Lipinski definition) is 4. The third-order valence-corrected chi connectivity index (χ3v) is 4.47. The van der Waals surface area contributed by atoms with Crippen molar-refractivity contribution in [2.75, 3.05) is 26.3 Å². The maximum Gasteiger partial charge on any atom is 0.134 e. The number of hydrogen-bond donors (Lipinski definition) is 1. The molecule has 0 radical (unpaired) electrons. The van der Waals surface area contributed by atoms with Crippen LogP contribution in [0.4, 0.5) is 0 Å². The van der Waals surface area contributed by atoms with Crippen LogP contribution in [0.5, 0.6) is 0 Å². The zero-order valence-electron chi connectivity index (χ0n) is 13.1. The van der Waals surface area contributed by atoms with Gasteiger partial charge in [0.2, 0.25) is 0 Å². The fraction of sp³-hybridized carbons (Fsp3) is 0.389. The molecule has 0 aliphatic carbocycles. The van der Waals surface area contributed by atoms with Crippen molar-refractivity contribution in [1.82, 2.24) is 15.1 Å². The van der Waals surface area contributed by atoms with Gasteiger partial charge in [-0.1, -0.05) is 12.1 Å². The van der Waals surface area contributed by atoms with Crippen LogP contribution in [0.3, 0.4) is 0 Å². The molecule has 4 rings (SSSR count). The van der Waals surface area contributed by atoms with Gasteiger partial charge in [-0.25, -0.2) is 0 Å². The molecule has 1 aliphatic heterocycles. The molecule has 0 unspecified atom stereocenters. The number of H-pyrrole nitrogens is 1. The highest BCUT2D eigenvalue weighted by molar-refractivity contribution is 5.80. The Morgan fingerprint density at radius 3 is 3.17 bits per heavy atom. The molecule has 0 bridgehead atoms. The lowest BCUT2D eigenvalue weighted by Gasteiger charge is -2.22. The van der Waals surface area contributed by atoms with Gasteiger partial charge in [-0.3, -0.25) is 10.00 Å². The molecule has 1 aliphatic rings. The Bertz CT molecular complexity index is 751. The van der Waals surface area contributed by atoms with E-state index < -0.39 is 0 Å². The Morgan fingerprint density at radius 1 is 1.26 bits per heavy atom. The van der Waals surface area contributed by atoms with Crippen LogP contribution in [0.2, 0.25) is 0 Å². The van der Waals surface area contributed by atoms with Gasteiger partial charge in [-0.15, -0.1) is 0 Å². The van der Waals surface area contributed by atoms with Gasteiger partial charge in [0.25, 0.3) is 0 Å². The third kappa shape index (κ3) is 3.30. The fourth-order valence-electron chi connectivity index (χ4n) is 3.38. The summed E-state index contributed by atoms with van der Waals surface area (Å²) in [5, 5.41) is 8.30. The largest absolute Gasteiger partial charge is 0.464 e. The van der Waals surface area contributed by atoms with Crippen LogP contribution in [-0.4, -0.2) is 41.4 Å². The number of rotatable bonds is 4. The molecule has 5 nitrogen and oxygen atoms in total. The maximum atomic E-state index is 5.83. The lowest BCUT2D eigenvalue weighted by Crippen LogP contribution is -2.30. The lowest BCUT2D eigenvalue weighted by atomic mass is 9.97. The number of aromatic amines is 1. The molecule has 120 valence electrons. The molecule has 2 aromatic heterocycles. The average Bonchev–Trinajstić information content (AvgIpc) is 3.18. The van der Waals surface area contributed by atoms with E-state index >= 15 is 0 Å². The number of nitrogens with one attached hydrogen (secondary N) is 1. The normalized spacial score (nSPS) is 19.9. The molecule has 1 saturated heterocycles. The molecule has 3 aromatic rings. The number of fused-ring (bicyclic) bond motifs is 1. The molecule has 1 N–H and O–H groups in total. The van der Waals surface area contributed by atoms with E-state index in [-0.39, 0.29) is 0 Å². The first-order valence-corrected chi connectivity index (χ1v) is 8.12. The quantitative estimate of drug-likeness (QED) is 0.805. The first-order valence-electron chi connectivity index (χ1n) is 8.12. The standard InChI is InChI=1S/C18H21N3O2/c1-2-15(17-5-8-23-18(17)3-1)10-14-11-21(7-9-22-13-14)12-16-4-6-19-20-16/h1-6,8,14H,7,9-13H2,(H,19,20)/t14-/m1/s1. The maximum absolute atomic E-state index is 5.83. The van der Waals surface area contributed by atoms with Crippen molar-refractivity contribution in [3.05, 3.63) is 54.0 Å². The van der Waals surface area contributed by atoms with Gasteiger partial charge in [0, 0.05) is 36.9 Å². The van der Waals surface area contributed by atoms with Crippen LogP contribution >= 0.6 is 0 Å². The number of benzene rings is 1. The zero-order valence-corrected chi connectivity index (χ0v) is 13.1. The molecule has 3 heterocycles. The second-order valence-electron chi connectivity index (χ2n) is 6.21. The minimum Gasteiger partial charge on any atom is -0.464 e. The Labute approximate surface area is 135 Å². The highest BCUT2D eigenvalue weighted by Crippen LogP contribution is 2.23. The van der Waals surface area contributed by atoms with E-state index in [2.05, 4.69) is 33.3 Å². The first kappa shape index (κ1) is 14.5. The molecule has 23 heavy (non-hydrogen) atoms. The Balaban J connectivity index is 1.48. The minimum atomic E-state index is 0.487. The molecular weight excluding hydrogens is 290 g/mol. The van der Waals surface area contributed by atoms with Crippen LogP contribution in [0.25, 0.3) is 11.0 Å². The predicted octanol–water partition coefficient (Wildman–Crippen LogP) is 2.85. The first-order chi connectivity index (χ1) is 11.4. The van der Waals surface area contributed by atoms with Crippen molar-refractivity contribution in [1.29, 1.82) is 0 Å². The summed E-state index contributed by atoms with van der Waals surface area (Å²) >= 11 is 0. The van der Waals surface area contributed by atoms with E-state index in [9.17, 15) is 0 Å². The smallest absolute Gasteiger partial charge is 0.134 e. The number of aromatic nitrogens is 2. The van der Waals surface area contributed by atoms with Crippen LogP contribution in [0.15, 0.2) is 47.2 Å². The SMILES string of the molecule is c1cc(C[C@H]2COCCN(Cc3ccn[nH]3)C2)c2ccoc2c1. The van der Waals surface area contributed by atoms with Crippen LogP contribution < -0.4 is 0 Å². The Morgan fingerprint density at radius 2 is 2.26 bits per heavy atom. The van der Waals surface area contributed by atoms with Crippen molar-refractivity contribution in [2.24, 2.45) is 5.92 Å². The van der Waals surface area contributed by atoms with Gasteiger partial charge in [0.05, 0.1) is 19.5 Å². The second kappa shape index (κ2) is 6.56. The van der Waals surface area contributed by atoms with Crippen molar-refractivity contribution in [3.8, 4) is 0 Å². The third-order valence-electron chi connectivity index (χ3n) is 4.47.